The van der Waals surface area contributed by atoms with Gasteiger partial charge in [0, 0.05) is 17.7 Å². The monoisotopic (exact) mass is 420 g/mol. The molecular weight excluding hydrogens is 392 g/mol. The molecule has 0 bridgehead atoms. The quantitative estimate of drug-likeness (QED) is 0.453. The number of hydrogen-bond donors (Lipinski definition) is 1. The molecule has 0 aliphatic carbocycles. The first-order chi connectivity index (χ1) is 14.1. The summed E-state index contributed by atoms with van der Waals surface area (Å²) in [5.74, 6) is 0.620. The van der Waals surface area contributed by atoms with Crippen LogP contribution >= 0.6 is 0 Å². The van der Waals surface area contributed by atoms with Crippen LogP contribution in [0.1, 0.15) is 37.5 Å². The summed E-state index contributed by atoms with van der Waals surface area (Å²) in [6, 6.07) is 16.2. The molecule has 156 valence electrons. The van der Waals surface area contributed by atoms with E-state index in [1.807, 2.05) is 47.4 Å². The van der Waals surface area contributed by atoms with Gasteiger partial charge in [-0.1, -0.05) is 57.2 Å². The van der Waals surface area contributed by atoms with Crippen molar-refractivity contribution in [2.75, 3.05) is 6.54 Å². The SMILES string of the molecule is CC(C)(C)[Si](C)(C)O/N=C(/c1ccccc1)c1ccc2c(c1)CN1CC(=O)NC1=N2. The number of amides is 1. The van der Waals surface area contributed by atoms with Crippen molar-refractivity contribution < 1.29 is 9.32 Å². The van der Waals surface area contributed by atoms with Crippen molar-refractivity contribution in [1.29, 1.82) is 0 Å². The number of oxime groups is 1. The van der Waals surface area contributed by atoms with E-state index in [1.54, 1.807) is 0 Å². The second-order valence-electron chi connectivity index (χ2n) is 9.34. The number of carbonyl (C=O) groups is 1. The molecular formula is C23H28N4O2Si. The van der Waals surface area contributed by atoms with E-state index in [2.05, 4.69) is 50.2 Å². The fourth-order valence-corrected chi connectivity index (χ4v) is 3.77. The fourth-order valence-electron chi connectivity index (χ4n) is 3.17. The lowest BCUT2D eigenvalue weighted by Gasteiger charge is -2.33. The summed E-state index contributed by atoms with van der Waals surface area (Å²) in [5, 5.41) is 7.57. The van der Waals surface area contributed by atoms with Crippen molar-refractivity contribution in [3.05, 3.63) is 65.2 Å². The zero-order valence-corrected chi connectivity index (χ0v) is 19.2. The highest BCUT2D eigenvalue weighted by Crippen LogP contribution is 2.37. The van der Waals surface area contributed by atoms with Crippen molar-refractivity contribution >= 4 is 31.6 Å². The van der Waals surface area contributed by atoms with Gasteiger partial charge >= 0.3 is 0 Å². The second-order valence-corrected chi connectivity index (χ2v) is 14.0. The molecule has 2 heterocycles. The van der Waals surface area contributed by atoms with Crippen LogP contribution in [0, 0.1) is 0 Å². The lowest BCUT2D eigenvalue weighted by atomic mass is 9.99. The van der Waals surface area contributed by atoms with Crippen LogP contribution in [-0.2, 0) is 15.9 Å². The number of rotatable bonds is 4. The van der Waals surface area contributed by atoms with Gasteiger partial charge in [0.2, 0.25) is 11.9 Å². The van der Waals surface area contributed by atoms with Crippen molar-refractivity contribution in [2.24, 2.45) is 10.1 Å². The summed E-state index contributed by atoms with van der Waals surface area (Å²) in [7, 11) is -2.05. The van der Waals surface area contributed by atoms with Crippen LogP contribution in [-0.4, -0.2) is 37.3 Å². The van der Waals surface area contributed by atoms with Crippen LogP contribution in [0.2, 0.25) is 18.1 Å². The first-order valence-corrected chi connectivity index (χ1v) is 13.1. The summed E-state index contributed by atoms with van der Waals surface area (Å²) in [5.41, 5.74) is 4.76. The Kier molecular flexibility index (Phi) is 5.01. The van der Waals surface area contributed by atoms with Gasteiger partial charge in [-0.05, 0) is 35.8 Å². The summed E-state index contributed by atoms with van der Waals surface area (Å²) >= 11 is 0. The number of nitrogens with zero attached hydrogens (tertiary/aromatic N) is 3. The average Bonchev–Trinajstić information content (AvgIpc) is 3.04. The normalized spacial score (nSPS) is 16.6. The maximum Gasteiger partial charge on any atom is 0.286 e. The Bertz CT molecular complexity index is 1040. The molecule has 2 aliphatic heterocycles. The number of aliphatic imine (C=N–C) groups is 1. The maximum atomic E-state index is 11.7. The molecule has 1 fully saturated rings. The van der Waals surface area contributed by atoms with E-state index in [1.165, 1.54) is 0 Å². The first kappa shape index (κ1) is 20.3. The zero-order valence-electron chi connectivity index (χ0n) is 18.2. The van der Waals surface area contributed by atoms with E-state index in [0.717, 1.165) is 28.1 Å². The number of carbonyl (C=O) groups excluding carboxylic acids is 1. The van der Waals surface area contributed by atoms with Crippen LogP contribution in [0.15, 0.2) is 58.7 Å². The molecule has 0 atom stereocenters. The molecule has 1 N–H and O–H groups in total. The van der Waals surface area contributed by atoms with Crippen molar-refractivity contribution in [3.63, 3.8) is 0 Å². The van der Waals surface area contributed by atoms with Crippen LogP contribution in [0.25, 0.3) is 0 Å². The zero-order chi connectivity index (χ0) is 21.5. The Labute approximate surface area is 178 Å². The summed E-state index contributed by atoms with van der Waals surface area (Å²) < 4.78 is 6.23. The molecule has 30 heavy (non-hydrogen) atoms. The van der Waals surface area contributed by atoms with E-state index in [0.29, 0.717) is 19.0 Å². The third-order valence-electron chi connectivity index (χ3n) is 6.04. The number of benzene rings is 2. The molecule has 0 radical (unpaired) electrons. The Hall–Kier alpha value is -2.93. The first-order valence-electron chi connectivity index (χ1n) is 10.2. The topological polar surface area (TPSA) is 66.3 Å². The van der Waals surface area contributed by atoms with Gasteiger partial charge < -0.3 is 9.43 Å². The lowest BCUT2D eigenvalue weighted by molar-refractivity contribution is -0.118. The van der Waals surface area contributed by atoms with Gasteiger partial charge in [-0.3, -0.25) is 10.1 Å². The van der Waals surface area contributed by atoms with Crippen molar-refractivity contribution in [3.8, 4) is 0 Å². The highest BCUT2D eigenvalue weighted by molar-refractivity contribution is 6.74. The average molecular weight is 421 g/mol. The Balaban J connectivity index is 1.72. The molecule has 2 aliphatic rings. The highest BCUT2D eigenvalue weighted by Gasteiger charge is 2.40. The highest BCUT2D eigenvalue weighted by atomic mass is 28.4. The van der Waals surface area contributed by atoms with Crippen molar-refractivity contribution in [2.45, 2.75) is 45.4 Å². The summed E-state index contributed by atoms with van der Waals surface area (Å²) in [6.45, 7) is 12.0. The lowest BCUT2D eigenvalue weighted by Crippen LogP contribution is -2.39. The van der Waals surface area contributed by atoms with Crippen LogP contribution in [0.3, 0.4) is 0 Å². The van der Waals surface area contributed by atoms with Crippen LogP contribution in [0.4, 0.5) is 5.69 Å². The fraction of sp³-hybridized carbons (Fsp3) is 0.348. The van der Waals surface area contributed by atoms with Gasteiger partial charge in [-0.2, -0.15) is 0 Å². The van der Waals surface area contributed by atoms with Gasteiger partial charge in [0.05, 0.1) is 5.69 Å². The van der Waals surface area contributed by atoms with E-state index in [4.69, 9.17) is 9.68 Å². The van der Waals surface area contributed by atoms with Crippen LogP contribution in [0.5, 0.6) is 0 Å². The number of guanidine groups is 1. The number of nitrogens with one attached hydrogen (secondary N) is 1. The predicted octanol–water partition coefficient (Wildman–Crippen LogP) is 4.39. The molecule has 0 spiro atoms. The van der Waals surface area contributed by atoms with Gasteiger partial charge in [0.15, 0.2) is 0 Å². The van der Waals surface area contributed by atoms with Crippen LogP contribution < -0.4 is 5.32 Å². The largest absolute Gasteiger partial charge is 0.454 e. The third-order valence-corrected chi connectivity index (χ3v) is 10.2. The molecule has 0 aromatic heterocycles. The Morgan fingerprint density at radius 3 is 2.53 bits per heavy atom. The van der Waals surface area contributed by atoms with Gasteiger partial charge in [0.25, 0.3) is 8.32 Å². The molecule has 2 aromatic carbocycles. The molecule has 6 nitrogen and oxygen atoms in total. The summed E-state index contributed by atoms with van der Waals surface area (Å²) in [4.78, 5) is 18.3. The summed E-state index contributed by atoms with van der Waals surface area (Å²) in [6.07, 6.45) is 0. The molecule has 0 unspecified atom stereocenters. The predicted molar refractivity (Wildman–Crippen MR) is 122 cm³/mol. The molecule has 7 heteroatoms. The Morgan fingerprint density at radius 2 is 1.83 bits per heavy atom. The minimum atomic E-state index is -2.05. The second kappa shape index (κ2) is 7.39. The molecule has 1 saturated heterocycles. The van der Waals surface area contributed by atoms with Crippen molar-refractivity contribution in [1.82, 2.24) is 10.2 Å². The van der Waals surface area contributed by atoms with E-state index < -0.39 is 8.32 Å². The Morgan fingerprint density at radius 1 is 1.10 bits per heavy atom. The number of fused-ring (bicyclic) bond motifs is 2. The smallest absolute Gasteiger partial charge is 0.286 e. The minimum absolute atomic E-state index is 0.0175. The van der Waals surface area contributed by atoms with E-state index in [9.17, 15) is 4.79 Å². The minimum Gasteiger partial charge on any atom is -0.454 e. The third kappa shape index (κ3) is 3.89. The van der Waals surface area contributed by atoms with E-state index >= 15 is 0 Å². The molecule has 1 amide bonds. The van der Waals surface area contributed by atoms with E-state index in [-0.39, 0.29) is 10.9 Å². The van der Waals surface area contributed by atoms with Gasteiger partial charge in [-0.15, -0.1) is 5.16 Å². The molecule has 2 aromatic rings. The molecule has 4 rings (SSSR count). The number of hydrogen-bond acceptors (Lipinski definition) is 5. The maximum absolute atomic E-state index is 11.7. The molecule has 0 saturated carbocycles. The van der Waals surface area contributed by atoms with Gasteiger partial charge in [-0.25, -0.2) is 4.99 Å². The standard InChI is InChI=1S/C23H28N4O2Si/c1-23(2,3)30(4,5)29-26-21(16-9-7-6-8-10-16)17-11-12-19-18(13-17)14-27-15-20(28)25-22(27)24-19/h6-13H,14-15H2,1-5H3,(H,24,25,28)/b26-21-. The van der Waals surface area contributed by atoms with Gasteiger partial charge in [0.1, 0.15) is 12.3 Å².